The maximum atomic E-state index is 13.8. The van der Waals surface area contributed by atoms with E-state index in [0.717, 1.165) is 25.7 Å². The molecule has 196 valence electrons. The number of hydrogen-bond donors (Lipinski definition) is 2. The van der Waals surface area contributed by atoms with Gasteiger partial charge < -0.3 is 19.7 Å². The lowest BCUT2D eigenvalue weighted by Gasteiger charge is -2.39. The van der Waals surface area contributed by atoms with Crippen molar-refractivity contribution in [1.29, 1.82) is 0 Å². The first-order valence-electron chi connectivity index (χ1n) is 12.8. The zero-order valence-corrected chi connectivity index (χ0v) is 20.3. The average Bonchev–Trinajstić information content (AvgIpc) is 3.33. The van der Waals surface area contributed by atoms with Crippen LogP contribution >= 0.6 is 0 Å². The molecule has 0 bridgehead atoms. The quantitative estimate of drug-likeness (QED) is 0.208. The maximum Gasteiger partial charge on any atom is 0.392 e. The Hall–Kier alpha value is -1.54. The molecule has 2 unspecified atom stereocenters. The number of unbranched alkanes of at least 4 members (excludes halogenated alkanes) is 1. The van der Waals surface area contributed by atoms with Gasteiger partial charge in [0.2, 0.25) is 0 Å². The van der Waals surface area contributed by atoms with Gasteiger partial charge in [0.25, 0.3) is 0 Å². The van der Waals surface area contributed by atoms with E-state index in [-0.39, 0.29) is 37.5 Å². The summed E-state index contributed by atoms with van der Waals surface area (Å²) in [6, 6.07) is 0. The van der Waals surface area contributed by atoms with E-state index < -0.39 is 29.8 Å². The third kappa shape index (κ3) is 8.01. The second-order valence-corrected chi connectivity index (χ2v) is 9.55. The molecule has 0 aromatic rings. The van der Waals surface area contributed by atoms with E-state index in [1.807, 2.05) is 6.92 Å². The fourth-order valence-electron chi connectivity index (χ4n) is 5.23. The molecule has 5 nitrogen and oxygen atoms in total. The zero-order valence-electron chi connectivity index (χ0n) is 20.3. The predicted molar refractivity (Wildman–Crippen MR) is 124 cm³/mol. The number of aliphatic hydroxyl groups is 1. The molecule has 1 saturated heterocycles. The van der Waals surface area contributed by atoms with E-state index in [4.69, 9.17) is 14.6 Å². The maximum absolute atomic E-state index is 13.8. The molecule has 1 saturated carbocycles. The molecule has 1 aliphatic carbocycles. The summed E-state index contributed by atoms with van der Waals surface area (Å²) in [5.74, 6) is -2.69. The SMILES string of the molecule is CCCCC(C/C=C(/OC1CCCCO1)[C@](CC/C=C\CO)(C(=O)O)C1CCCC1)C(F)(F)F. The first-order valence-corrected chi connectivity index (χ1v) is 12.8. The Kier molecular flexibility index (Phi) is 11.9. The first kappa shape index (κ1) is 28.7. The van der Waals surface area contributed by atoms with Crippen LogP contribution in [-0.4, -0.2) is 41.9 Å². The number of carboxylic acid groups (broad SMARTS) is 1. The van der Waals surface area contributed by atoms with Crippen molar-refractivity contribution in [3.63, 3.8) is 0 Å². The van der Waals surface area contributed by atoms with E-state index in [1.165, 1.54) is 6.08 Å². The fraction of sp³-hybridized carbons (Fsp3) is 0.808. The van der Waals surface area contributed by atoms with E-state index in [1.54, 1.807) is 12.2 Å². The van der Waals surface area contributed by atoms with Crippen LogP contribution in [0.2, 0.25) is 0 Å². The van der Waals surface area contributed by atoms with Gasteiger partial charge in [-0.05, 0) is 63.4 Å². The lowest BCUT2D eigenvalue weighted by Crippen LogP contribution is -2.42. The minimum Gasteiger partial charge on any atom is -0.480 e. The van der Waals surface area contributed by atoms with Crippen molar-refractivity contribution in [3.8, 4) is 0 Å². The largest absolute Gasteiger partial charge is 0.480 e. The Labute approximate surface area is 201 Å². The van der Waals surface area contributed by atoms with Crippen molar-refractivity contribution in [2.24, 2.45) is 17.3 Å². The van der Waals surface area contributed by atoms with Crippen molar-refractivity contribution in [2.45, 2.75) is 103 Å². The van der Waals surface area contributed by atoms with Crippen molar-refractivity contribution in [3.05, 3.63) is 24.0 Å². The summed E-state index contributed by atoms with van der Waals surface area (Å²) in [5, 5.41) is 19.6. The topological polar surface area (TPSA) is 76.0 Å². The second kappa shape index (κ2) is 14.1. The van der Waals surface area contributed by atoms with Crippen LogP contribution in [0.1, 0.15) is 90.4 Å². The summed E-state index contributed by atoms with van der Waals surface area (Å²) >= 11 is 0. The zero-order chi connectivity index (χ0) is 25.0. The smallest absolute Gasteiger partial charge is 0.392 e. The Balaban J connectivity index is 2.46. The van der Waals surface area contributed by atoms with Crippen LogP contribution in [0.3, 0.4) is 0 Å². The Bertz CT molecular complexity index is 664. The van der Waals surface area contributed by atoms with Gasteiger partial charge in [0.05, 0.1) is 19.1 Å². The molecule has 0 aromatic carbocycles. The number of hydrogen-bond acceptors (Lipinski definition) is 4. The fourth-order valence-corrected chi connectivity index (χ4v) is 5.23. The second-order valence-electron chi connectivity index (χ2n) is 9.55. The third-order valence-corrected chi connectivity index (χ3v) is 7.20. The molecule has 3 atom stereocenters. The van der Waals surface area contributed by atoms with Gasteiger partial charge in [0.1, 0.15) is 11.2 Å². The monoisotopic (exact) mass is 490 g/mol. The van der Waals surface area contributed by atoms with Gasteiger partial charge in [-0.1, -0.05) is 44.8 Å². The molecule has 0 amide bonds. The van der Waals surface area contributed by atoms with E-state index in [0.29, 0.717) is 45.1 Å². The highest BCUT2D eigenvalue weighted by Crippen LogP contribution is 2.50. The van der Waals surface area contributed by atoms with E-state index in [2.05, 4.69) is 0 Å². The number of alkyl halides is 3. The molecule has 1 heterocycles. The number of allylic oxidation sites excluding steroid dienone is 2. The van der Waals surface area contributed by atoms with Crippen molar-refractivity contribution in [2.75, 3.05) is 13.2 Å². The van der Waals surface area contributed by atoms with Gasteiger partial charge >= 0.3 is 12.1 Å². The molecule has 1 aliphatic heterocycles. The lowest BCUT2D eigenvalue weighted by atomic mass is 9.69. The summed E-state index contributed by atoms with van der Waals surface area (Å²) in [6.07, 6.45) is 6.59. The molecule has 2 aliphatic rings. The summed E-state index contributed by atoms with van der Waals surface area (Å²) in [7, 11) is 0. The Morgan fingerprint density at radius 3 is 2.41 bits per heavy atom. The van der Waals surface area contributed by atoms with Gasteiger partial charge in [-0.15, -0.1) is 0 Å². The summed E-state index contributed by atoms with van der Waals surface area (Å²) in [5.41, 5.74) is -1.42. The van der Waals surface area contributed by atoms with Gasteiger partial charge in [-0.2, -0.15) is 13.2 Å². The minimum atomic E-state index is -4.36. The lowest BCUT2D eigenvalue weighted by molar-refractivity contribution is -0.177. The molecule has 0 radical (unpaired) electrons. The van der Waals surface area contributed by atoms with Gasteiger partial charge in [-0.25, -0.2) is 0 Å². The molecular formula is C26H41F3O5. The number of carbonyl (C=O) groups is 1. The van der Waals surface area contributed by atoms with Crippen LogP contribution in [0, 0.1) is 17.3 Å². The molecule has 34 heavy (non-hydrogen) atoms. The van der Waals surface area contributed by atoms with Crippen LogP contribution in [0.15, 0.2) is 24.0 Å². The summed E-state index contributed by atoms with van der Waals surface area (Å²) in [6.45, 7) is 2.19. The van der Waals surface area contributed by atoms with Gasteiger partial charge in [0, 0.05) is 6.42 Å². The van der Waals surface area contributed by atoms with Crippen molar-refractivity contribution < 1.29 is 37.7 Å². The number of aliphatic hydroxyl groups excluding tert-OH is 1. The Morgan fingerprint density at radius 1 is 1.15 bits per heavy atom. The van der Waals surface area contributed by atoms with Crippen molar-refractivity contribution in [1.82, 2.24) is 0 Å². The average molecular weight is 491 g/mol. The highest BCUT2D eigenvalue weighted by molar-refractivity contribution is 5.78. The first-order chi connectivity index (χ1) is 16.3. The molecule has 0 aromatic heterocycles. The number of carboxylic acids is 1. The van der Waals surface area contributed by atoms with Crippen LogP contribution in [0.4, 0.5) is 13.2 Å². The molecule has 2 N–H and O–H groups in total. The number of halogens is 3. The van der Waals surface area contributed by atoms with E-state index >= 15 is 0 Å². The highest BCUT2D eigenvalue weighted by atomic mass is 19.4. The predicted octanol–water partition coefficient (Wildman–Crippen LogP) is 6.76. The van der Waals surface area contributed by atoms with Gasteiger partial charge in [0.15, 0.2) is 6.29 Å². The number of rotatable bonds is 14. The van der Waals surface area contributed by atoms with Gasteiger partial charge in [-0.3, -0.25) is 4.79 Å². The van der Waals surface area contributed by atoms with E-state index in [9.17, 15) is 23.1 Å². The van der Waals surface area contributed by atoms with Crippen LogP contribution in [0.5, 0.6) is 0 Å². The molecular weight excluding hydrogens is 449 g/mol. The molecule has 2 rings (SSSR count). The molecule has 0 spiro atoms. The molecule has 2 fully saturated rings. The summed E-state index contributed by atoms with van der Waals surface area (Å²) < 4.78 is 53.1. The Morgan fingerprint density at radius 2 is 1.85 bits per heavy atom. The number of aliphatic carboxylic acids is 1. The normalized spacial score (nSPS) is 23.2. The van der Waals surface area contributed by atoms with Crippen LogP contribution < -0.4 is 0 Å². The third-order valence-electron chi connectivity index (χ3n) is 7.20. The van der Waals surface area contributed by atoms with Crippen molar-refractivity contribution >= 4 is 5.97 Å². The molecule has 8 heteroatoms. The summed E-state index contributed by atoms with van der Waals surface area (Å²) in [4.78, 5) is 12.9. The minimum absolute atomic E-state index is 0.00640. The van der Waals surface area contributed by atoms with Crippen LogP contribution in [0.25, 0.3) is 0 Å². The highest BCUT2D eigenvalue weighted by Gasteiger charge is 2.51. The van der Waals surface area contributed by atoms with Crippen LogP contribution in [-0.2, 0) is 14.3 Å². The number of ether oxygens (including phenoxy) is 2. The standard InChI is InChI=1S/C26H41F3O5/c1-2-3-11-21(26(27,28)29)15-16-22(34-23-14-7-10-19-33-23)25(24(31)32,17-8-4-9-18-30)20-12-5-6-13-20/h4,9,16,20-21,23,30H,2-3,5-8,10-15,17-19H2,1H3,(H,31,32)/b9-4-,22-16+/t21?,23?,25-/m1/s1.